The fourth-order valence-electron chi connectivity index (χ4n) is 4.13. The molecule has 25 heavy (non-hydrogen) atoms. The van der Waals surface area contributed by atoms with E-state index in [9.17, 15) is 14.0 Å². The molecule has 0 aromatic heterocycles. The van der Waals surface area contributed by atoms with Crippen LogP contribution < -0.4 is 15.5 Å². The summed E-state index contributed by atoms with van der Waals surface area (Å²) in [5.74, 6) is -0.476. The number of carbonyl (C=O) groups is 2. The molecule has 1 aromatic rings. The molecule has 3 fully saturated rings. The van der Waals surface area contributed by atoms with Crippen LogP contribution in [-0.2, 0) is 9.59 Å². The van der Waals surface area contributed by atoms with Crippen LogP contribution in [0.5, 0.6) is 0 Å². The van der Waals surface area contributed by atoms with Crippen LogP contribution in [-0.4, -0.2) is 31.4 Å². The lowest BCUT2D eigenvalue weighted by atomic mass is 9.92. The number of nitrogens with one attached hydrogen (secondary N) is 2. The summed E-state index contributed by atoms with van der Waals surface area (Å²) in [5.41, 5.74) is 0.927. The molecule has 1 saturated carbocycles. The van der Waals surface area contributed by atoms with Gasteiger partial charge in [-0.1, -0.05) is 0 Å². The molecule has 136 valence electrons. The Morgan fingerprint density at radius 1 is 1.32 bits per heavy atom. The Morgan fingerprint density at radius 2 is 2.08 bits per heavy atom. The third-order valence-corrected chi connectivity index (χ3v) is 5.68. The number of piperidine rings is 1. The minimum atomic E-state index is -0.463. The Kier molecular flexibility index (Phi) is 5.02. The maximum Gasteiger partial charge on any atom is 0.228 e. The fourth-order valence-corrected chi connectivity index (χ4v) is 4.13. The van der Waals surface area contributed by atoms with Crippen LogP contribution in [0.4, 0.5) is 15.8 Å². The van der Waals surface area contributed by atoms with E-state index >= 15 is 0 Å². The van der Waals surface area contributed by atoms with Crippen LogP contribution in [0.15, 0.2) is 18.2 Å². The van der Waals surface area contributed by atoms with E-state index in [-0.39, 0.29) is 35.6 Å². The maximum atomic E-state index is 14.3. The second-order valence-electron chi connectivity index (χ2n) is 7.17. The molecular weight excluding hydrogens is 345 g/mol. The van der Waals surface area contributed by atoms with Gasteiger partial charge in [-0.15, -0.1) is 12.4 Å². The van der Waals surface area contributed by atoms with Crippen LogP contribution in [0.1, 0.15) is 32.1 Å². The minimum absolute atomic E-state index is 0. The summed E-state index contributed by atoms with van der Waals surface area (Å²) in [4.78, 5) is 25.7. The quantitative estimate of drug-likeness (QED) is 0.863. The van der Waals surface area contributed by atoms with Crippen LogP contribution in [0.2, 0.25) is 0 Å². The monoisotopic (exact) mass is 367 g/mol. The third-order valence-electron chi connectivity index (χ3n) is 5.68. The lowest BCUT2D eigenvalue weighted by molar-refractivity contribution is -0.118. The van der Waals surface area contributed by atoms with Crippen molar-refractivity contribution >= 4 is 35.6 Å². The Labute approximate surface area is 152 Å². The lowest BCUT2D eigenvalue weighted by Crippen LogP contribution is -2.31. The Bertz CT molecular complexity index is 691. The average Bonchev–Trinajstić information content (AvgIpc) is 3.08. The summed E-state index contributed by atoms with van der Waals surface area (Å²) in [6.45, 7) is 2.49. The molecule has 1 spiro atoms. The average molecular weight is 368 g/mol. The number of carbonyl (C=O) groups excluding carboxylic acids is 2. The van der Waals surface area contributed by atoms with Crippen molar-refractivity contribution in [3.8, 4) is 0 Å². The second kappa shape index (κ2) is 6.92. The summed E-state index contributed by atoms with van der Waals surface area (Å²) in [6.07, 6.45) is 4.24. The second-order valence-corrected chi connectivity index (χ2v) is 7.17. The predicted octanol–water partition coefficient (Wildman–Crippen LogP) is 2.70. The molecule has 2 saturated heterocycles. The SMILES string of the molecule is Cl.O=C(Nc1ccc(N2CCCC2=O)c(F)c1)C1CC12CCNCC2. The number of nitrogens with zero attached hydrogens (tertiary/aromatic N) is 1. The molecule has 7 heteroatoms. The van der Waals surface area contributed by atoms with Crippen LogP contribution >= 0.6 is 12.4 Å². The summed E-state index contributed by atoms with van der Waals surface area (Å²) in [7, 11) is 0. The molecule has 2 amide bonds. The van der Waals surface area contributed by atoms with E-state index < -0.39 is 5.82 Å². The van der Waals surface area contributed by atoms with E-state index in [4.69, 9.17) is 0 Å². The van der Waals surface area contributed by atoms with Crippen molar-refractivity contribution in [2.45, 2.75) is 32.1 Å². The van der Waals surface area contributed by atoms with Gasteiger partial charge in [0.15, 0.2) is 0 Å². The third kappa shape index (κ3) is 3.37. The largest absolute Gasteiger partial charge is 0.326 e. The van der Waals surface area contributed by atoms with Crippen molar-refractivity contribution in [1.29, 1.82) is 0 Å². The first kappa shape index (κ1) is 18.1. The van der Waals surface area contributed by atoms with Gasteiger partial charge in [0.1, 0.15) is 5.82 Å². The minimum Gasteiger partial charge on any atom is -0.326 e. The molecule has 1 unspecified atom stereocenters. The molecule has 4 rings (SSSR count). The van der Waals surface area contributed by atoms with Gasteiger partial charge in [0.2, 0.25) is 11.8 Å². The number of hydrogen-bond acceptors (Lipinski definition) is 3. The van der Waals surface area contributed by atoms with Gasteiger partial charge >= 0.3 is 0 Å². The summed E-state index contributed by atoms with van der Waals surface area (Å²) in [6, 6.07) is 4.58. The molecule has 5 nitrogen and oxygen atoms in total. The van der Waals surface area contributed by atoms with Gasteiger partial charge in [0.25, 0.3) is 0 Å². The highest BCUT2D eigenvalue weighted by atomic mass is 35.5. The zero-order chi connectivity index (χ0) is 16.7. The maximum absolute atomic E-state index is 14.3. The van der Waals surface area contributed by atoms with E-state index in [0.717, 1.165) is 38.8 Å². The topological polar surface area (TPSA) is 61.4 Å². The Morgan fingerprint density at radius 3 is 2.72 bits per heavy atom. The van der Waals surface area contributed by atoms with Gasteiger partial charge in [-0.25, -0.2) is 4.39 Å². The van der Waals surface area contributed by atoms with Crippen molar-refractivity contribution in [2.75, 3.05) is 29.9 Å². The standard InChI is InChI=1S/C18H22FN3O2.ClH/c19-14-10-12(3-4-15(14)22-9-1-2-16(22)23)21-17(24)13-11-18(13)5-7-20-8-6-18;/h3-4,10,13,20H,1-2,5-9,11H2,(H,21,24);1H. The van der Waals surface area contributed by atoms with E-state index in [1.807, 2.05) is 0 Å². The molecule has 3 aliphatic rings. The number of rotatable bonds is 3. The van der Waals surface area contributed by atoms with Crippen molar-refractivity contribution in [3.63, 3.8) is 0 Å². The Hall–Kier alpha value is -1.66. The zero-order valence-electron chi connectivity index (χ0n) is 14.0. The van der Waals surface area contributed by atoms with Crippen molar-refractivity contribution in [1.82, 2.24) is 5.32 Å². The Balaban J connectivity index is 0.00000182. The zero-order valence-corrected chi connectivity index (χ0v) is 14.8. The summed E-state index contributed by atoms with van der Waals surface area (Å²) in [5, 5.41) is 6.16. The molecule has 0 radical (unpaired) electrons. The van der Waals surface area contributed by atoms with E-state index in [2.05, 4.69) is 10.6 Å². The molecular formula is C18H23ClFN3O2. The van der Waals surface area contributed by atoms with Gasteiger partial charge in [0, 0.05) is 24.6 Å². The van der Waals surface area contributed by atoms with Crippen LogP contribution in [0.3, 0.4) is 0 Å². The van der Waals surface area contributed by atoms with Gasteiger partial charge in [-0.2, -0.15) is 0 Å². The molecule has 2 aliphatic heterocycles. The number of benzene rings is 1. The number of halogens is 2. The molecule has 1 aromatic carbocycles. The number of amides is 2. The normalized spacial score (nSPS) is 24.1. The predicted molar refractivity (Wildman–Crippen MR) is 96.5 cm³/mol. The first-order valence-electron chi connectivity index (χ1n) is 8.71. The van der Waals surface area contributed by atoms with Crippen molar-refractivity contribution < 1.29 is 14.0 Å². The van der Waals surface area contributed by atoms with Gasteiger partial charge in [-0.05, 0) is 62.4 Å². The molecule has 1 aliphatic carbocycles. The molecule has 2 N–H and O–H groups in total. The van der Waals surface area contributed by atoms with E-state index in [0.29, 0.717) is 24.3 Å². The molecule has 1 atom stereocenters. The van der Waals surface area contributed by atoms with Crippen molar-refractivity contribution in [3.05, 3.63) is 24.0 Å². The first-order chi connectivity index (χ1) is 11.6. The summed E-state index contributed by atoms with van der Waals surface area (Å²) < 4.78 is 14.3. The van der Waals surface area contributed by atoms with Gasteiger partial charge < -0.3 is 15.5 Å². The lowest BCUT2D eigenvalue weighted by Gasteiger charge is -2.23. The van der Waals surface area contributed by atoms with E-state index in [1.54, 1.807) is 12.1 Å². The highest BCUT2D eigenvalue weighted by molar-refractivity contribution is 5.97. The van der Waals surface area contributed by atoms with Crippen molar-refractivity contribution in [2.24, 2.45) is 11.3 Å². The van der Waals surface area contributed by atoms with Gasteiger partial charge in [-0.3, -0.25) is 9.59 Å². The smallest absolute Gasteiger partial charge is 0.228 e. The summed E-state index contributed by atoms with van der Waals surface area (Å²) >= 11 is 0. The van der Waals surface area contributed by atoms with E-state index in [1.165, 1.54) is 11.0 Å². The van der Waals surface area contributed by atoms with Crippen LogP contribution in [0.25, 0.3) is 0 Å². The molecule has 0 bridgehead atoms. The fraction of sp³-hybridized carbons (Fsp3) is 0.556. The first-order valence-corrected chi connectivity index (χ1v) is 8.71. The highest BCUT2D eigenvalue weighted by Crippen LogP contribution is 2.58. The highest BCUT2D eigenvalue weighted by Gasteiger charge is 2.57. The number of hydrogen-bond donors (Lipinski definition) is 2. The van der Waals surface area contributed by atoms with Crippen LogP contribution in [0, 0.1) is 17.2 Å². The molecule has 2 heterocycles. The van der Waals surface area contributed by atoms with Gasteiger partial charge in [0.05, 0.1) is 5.69 Å². The number of anilines is 2.